The fourth-order valence-corrected chi connectivity index (χ4v) is 4.50. The number of hydrogen-bond acceptors (Lipinski definition) is 5. The van der Waals surface area contributed by atoms with Gasteiger partial charge >= 0.3 is 6.09 Å². The smallest absolute Gasteiger partial charge is 0.410 e. The van der Waals surface area contributed by atoms with Gasteiger partial charge in [-0.3, -0.25) is 4.79 Å². The Morgan fingerprint density at radius 2 is 1.66 bits per heavy atom. The Labute approximate surface area is 178 Å². The van der Waals surface area contributed by atoms with E-state index in [-0.39, 0.29) is 30.4 Å². The zero-order chi connectivity index (χ0) is 20.5. The van der Waals surface area contributed by atoms with Crippen LogP contribution in [0.25, 0.3) is 0 Å². The molecule has 4 rings (SSSR count). The molecular formula is C20H20Cl2N4O3. The highest BCUT2D eigenvalue weighted by Crippen LogP contribution is 2.32. The van der Waals surface area contributed by atoms with Crippen LogP contribution < -0.4 is 5.73 Å². The zero-order valence-electron chi connectivity index (χ0n) is 15.6. The van der Waals surface area contributed by atoms with Crippen LogP contribution in [0.2, 0.25) is 10.0 Å². The summed E-state index contributed by atoms with van der Waals surface area (Å²) >= 11 is 11.9. The summed E-state index contributed by atoms with van der Waals surface area (Å²) in [5.41, 5.74) is 7.27. The second-order valence-corrected chi connectivity index (χ2v) is 8.32. The Kier molecular flexibility index (Phi) is 5.52. The molecule has 2 saturated heterocycles. The summed E-state index contributed by atoms with van der Waals surface area (Å²) in [6, 6.07) is 8.37. The van der Waals surface area contributed by atoms with Gasteiger partial charge < -0.3 is 20.3 Å². The Balaban J connectivity index is 1.30. The number of pyridine rings is 1. The molecule has 2 unspecified atom stereocenters. The van der Waals surface area contributed by atoms with Gasteiger partial charge in [-0.1, -0.05) is 23.2 Å². The van der Waals surface area contributed by atoms with Gasteiger partial charge in [0.2, 0.25) is 0 Å². The predicted molar refractivity (Wildman–Crippen MR) is 110 cm³/mol. The van der Waals surface area contributed by atoms with E-state index in [9.17, 15) is 9.59 Å². The van der Waals surface area contributed by atoms with E-state index < -0.39 is 0 Å². The summed E-state index contributed by atoms with van der Waals surface area (Å²) in [5.74, 6) is 0.369. The third-order valence-corrected chi connectivity index (χ3v) is 5.76. The highest BCUT2D eigenvalue weighted by molar-refractivity contribution is 6.34. The highest BCUT2D eigenvalue weighted by Gasteiger charge is 2.43. The van der Waals surface area contributed by atoms with Crippen molar-refractivity contribution in [2.75, 3.05) is 31.9 Å². The molecular weight excluding hydrogens is 415 g/mol. The van der Waals surface area contributed by atoms with E-state index in [1.165, 1.54) is 6.20 Å². The lowest BCUT2D eigenvalue weighted by atomic mass is 10.0. The number of ether oxygens (including phenoxy) is 1. The number of halogens is 2. The van der Waals surface area contributed by atoms with E-state index in [4.69, 9.17) is 33.7 Å². The van der Waals surface area contributed by atoms with Crippen molar-refractivity contribution in [2.24, 2.45) is 11.8 Å². The quantitative estimate of drug-likeness (QED) is 0.799. The minimum Gasteiger partial charge on any atom is -0.445 e. The molecule has 29 heavy (non-hydrogen) atoms. The van der Waals surface area contributed by atoms with E-state index >= 15 is 0 Å². The summed E-state index contributed by atoms with van der Waals surface area (Å²) in [4.78, 5) is 32.6. The van der Waals surface area contributed by atoms with E-state index in [2.05, 4.69) is 4.98 Å². The molecule has 2 aliphatic rings. The number of carbonyl (C=O) groups is 2. The number of nitrogens with two attached hydrogens (primary N) is 1. The maximum atomic E-state index is 12.6. The van der Waals surface area contributed by atoms with Crippen molar-refractivity contribution < 1.29 is 14.3 Å². The second-order valence-electron chi connectivity index (χ2n) is 7.44. The van der Waals surface area contributed by atoms with Gasteiger partial charge in [-0.2, -0.15) is 0 Å². The van der Waals surface area contributed by atoms with Crippen LogP contribution in [0, 0.1) is 11.8 Å². The summed E-state index contributed by atoms with van der Waals surface area (Å²) in [7, 11) is 0. The van der Waals surface area contributed by atoms with Crippen LogP contribution >= 0.6 is 23.2 Å². The molecule has 1 aromatic carbocycles. The third-order valence-electron chi connectivity index (χ3n) is 5.32. The summed E-state index contributed by atoms with van der Waals surface area (Å²) in [6.45, 7) is 2.45. The Bertz CT molecular complexity index is 904. The molecule has 0 bridgehead atoms. The normalized spacial score (nSPS) is 20.6. The van der Waals surface area contributed by atoms with Crippen molar-refractivity contribution in [2.45, 2.75) is 6.61 Å². The van der Waals surface area contributed by atoms with Gasteiger partial charge in [-0.05, 0) is 35.9 Å². The fraction of sp³-hybridized carbons (Fsp3) is 0.350. The molecule has 0 aliphatic carbocycles. The van der Waals surface area contributed by atoms with E-state index in [1.54, 1.807) is 40.1 Å². The van der Waals surface area contributed by atoms with Gasteiger partial charge in [0.25, 0.3) is 5.91 Å². The van der Waals surface area contributed by atoms with Gasteiger partial charge in [-0.25, -0.2) is 9.78 Å². The number of nitrogen functional groups attached to an aromatic ring is 1. The molecule has 0 saturated carbocycles. The number of nitrogens with zero attached hydrogens (tertiary/aromatic N) is 3. The number of hydrogen-bond donors (Lipinski definition) is 1. The molecule has 2 atom stereocenters. The van der Waals surface area contributed by atoms with Crippen LogP contribution in [-0.4, -0.2) is 53.0 Å². The number of fused-ring (bicyclic) bond motifs is 1. The minimum absolute atomic E-state index is 0.105. The van der Waals surface area contributed by atoms with Crippen LogP contribution in [-0.2, 0) is 11.3 Å². The lowest BCUT2D eigenvalue weighted by molar-refractivity contribution is 0.0759. The zero-order valence-corrected chi connectivity index (χ0v) is 17.1. The van der Waals surface area contributed by atoms with E-state index in [1.807, 2.05) is 0 Å². The van der Waals surface area contributed by atoms with Crippen molar-refractivity contribution in [3.8, 4) is 0 Å². The van der Waals surface area contributed by atoms with Crippen LogP contribution in [0.1, 0.15) is 16.1 Å². The summed E-state index contributed by atoms with van der Waals surface area (Å²) in [5, 5.41) is 0.999. The average Bonchev–Trinajstić information content (AvgIpc) is 3.25. The number of benzene rings is 1. The van der Waals surface area contributed by atoms with Crippen molar-refractivity contribution in [3.63, 3.8) is 0 Å². The van der Waals surface area contributed by atoms with Crippen LogP contribution in [0.5, 0.6) is 0 Å². The molecule has 0 spiro atoms. The number of anilines is 1. The largest absolute Gasteiger partial charge is 0.445 e. The molecule has 152 valence electrons. The molecule has 9 heteroatoms. The number of rotatable bonds is 3. The second kappa shape index (κ2) is 8.08. The maximum Gasteiger partial charge on any atom is 0.410 e. The first kappa shape index (κ1) is 19.8. The monoisotopic (exact) mass is 434 g/mol. The van der Waals surface area contributed by atoms with Crippen LogP contribution in [0.4, 0.5) is 10.5 Å². The lowest BCUT2D eigenvalue weighted by Crippen LogP contribution is -2.36. The van der Waals surface area contributed by atoms with Crippen molar-refractivity contribution in [1.29, 1.82) is 0 Å². The average molecular weight is 435 g/mol. The molecule has 2 fully saturated rings. The molecule has 2 N–H and O–H groups in total. The Morgan fingerprint density at radius 1 is 1.03 bits per heavy atom. The fourth-order valence-electron chi connectivity index (χ4n) is 3.93. The molecule has 3 heterocycles. The van der Waals surface area contributed by atoms with Crippen molar-refractivity contribution in [1.82, 2.24) is 14.8 Å². The Hall–Kier alpha value is -2.51. The van der Waals surface area contributed by atoms with Gasteiger partial charge in [0.15, 0.2) is 0 Å². The minimum atomic E-state index is -0.367. The van der Waals surface area contributed by atoms with E-state index in [0.29, 0.717) is 47.6 Å². The molecule has 1 aromatic heterocycles. The first-order valence-electron chi connectivity index (χ1n) is 9.26. The molecule has 2 amide bonds. The van der Waals surface area contributed by atoms with Crippen LogP contribution in [0.3, 0.4) is 0 Å². The maximum absolute atomic E-state index is 12.6. The Morgan fingerprint density at radius 3 is 2.24 bits per heavy atom. The molecule has 0 radical (unpaired) electrons. The molecule has 2 aromatic rings. The SMILES string of the molecule is Nc1ccc(C(=O)N2CC3CN(C(=O)OCc4cc(Cl)cc(Cl)c4)CC3C2)nc1. The summed E-state index contributed by atoms with van der Waals surface area (Å²) < 4.78 is 5.41. The van der Waals surface area contributed by atoms with E-state index in [0.717, 1.165) is 5.56 Å². The van der Waals surface area contributed by atoms with Gasteiger partial charge in [0, 0.05) is 48.1 Å². The van der Waals surface area contributed by atoms with Crippen molar-refractivity contribution >= 4 is 40.9 Å². The topological polar surface area (TPSA) is 88.8 Å². The lowest BCUT2D eigenvalue weighted by Gasteiger charge is -2.21. The number of carbonyl (C=O) groups excluding carboxylic acids is 2. The number of amides is 2. The van der Waals surface area contributed by atoms with Gasteiger partial charge in [0.1, 0.15) is 12.3 Å². The first-order valence-corrected chi connectivity index (χ1v) is 10.0. The molecule has 2 aliphatic heterocycles. The number of aromatic nitrogens is 1. The van der Waals surface area contributed by atoms with Crippen molar-refractivity contribution in [3.05, 3.63) is 57.8 Å². The van der Waals surface area contributed by atoms with Gasteiger partial charge in [0.05, 0.1) is 11.9 Å². The highest BCUT2D eigenvalue weighted by atomic mass is 35.5. The standard InChI is InChI=1S/C20H20Cl2N4O3/c21-15-3-12(4-16(22)5-15)11-29-20(28)26-9-13-7-25(8-14(13)10-26)19(27)18-2-1-17(23)6-24-18/h1-6,13-14H,7-11,23H2. The third kappa shape index (κ3) is 4.41. The number of likely N-dealkylation sites (tertiary alicyclic amines) is 2. The van der Waals surface area contributed by atoms with Crippen LogP contribution in [0.15, 0.2) is 36.5 Å². The predicted octanol–water partition coefficient (Wildman–Crippen LogP) is 3.31. The van der Waals surface area contributed by atoms with Gasteiger partial charge in [-0.15, -0.1) is 0 Å². The molecule has 7 nitrogen and oxygen atoms in total. The summed E-state index contributed by atoms with van der Waals surface area (Å²) in [6.07, 6.45) is 1.11. The first-order chi connectivity index (χ1) is 13.9.